The highest BCUT2D eigenvalue weighted by atomic mass is 16.2. The number of ketones is 1. The molecular weight excluding hydrogens is 382 g/mol. The van der Waals surface area contributed by atoms with E-state index in [2.05, 4.69) is 24.3 Å². The lowest BCUT2D eigenvalue weighted by molar-refractivity contribution is -0.128. The Morgan fingerprint density at radius 3 is 1.94 bits per heavy atom. The summed E-state index contributed by atoms with van der Waals surface area (Å²) in [5, 5.41) is 0. The van der Waals surface area contributed by atoms with Crippen LogP contribution >= 0.6 is 0 Å². The summed E-state index contributed by atoms with van der Waals surface area (Å²) < 4.78 is 0. The molecule has 1 saturated heterocycles. The third kappa shape index (κ3) is 4.83. The van der Waals surface area contributed by atoms with Crippen LogP contribution in [0.3, 0.4) is 0 Å². The summed E-state index contributed by atoms with van der Waals surface area (Å²) in [6.07, 6.45) is 3.30. The van der Waals surface area contributed by atoms with Crippen molar-refractivity contribution >= 4 is 17.4 Å². The third-order valence-electron chi connectivity index (χ3n) is 5.39. The maximum atomic E-state index is 13.0. The van der Waals surface area contributed by atoms with E-state index in [-0.39, 0.29) is 23.7 Å². The van der Waals surface area contributed by atoms with Crippen LogP contribution in [0.1, 0.15) is 46.9 Å². The molecule has 1 fully saturated rings. The molecule has 3 nitrogen and oxygen atoms in total. The minimum atomic E-state index is -0.354. The van der Waals surface area contributed by atoms with E-state index in [0.717, 1.165) is 16.8 Å². The smallest absolute Gasteiger partial charge is 0.236 e. The summed E-state index contributed by atoms with van der Waals surface area (Å²) >= 11 is 0. The van der Waals surface area contributed by atoms with Gasteiger partial charge in [-0.05, 0) is 37.6 Å². The number of nitrogens with zero attached hydrogens (tertiary/aromatic N) is 1. The van der Waals surface area contributed by atoms with Gasteiger partial charge in [0.15, 0.2) is 5.78 Å². The first-order valence-electron chi connectivity index (χ1n) is 10.8. The van der Waals surface area contributed by atoms with Crippen molar-refractivity contribution in [3.8, 4) is 0 Å². The molecule has 0 bridgehead atoms. The van der Waals surface area contributed by atoms with Crippen LogP contribution in [0, 0.1) is 19.8 Å². The summed E-state index contributed by atoms with van der Waals surface area (Å²) in [5.74, 6) is -0.430. The molecule has 158 valence electrons. The van der Waals surface area contributed by atoms with Gasteiger partial charge in [-0.2, -0.15) is 0 Å². The third-order valence-corrected chi connectivity index (χ3v) is 5.39. The Morgan fingerprint density at radius 1 is 0.806 bits per heavy atom. The number of aryl methyl sites for hydroxylation is 2. The summed E-state index contributed by atoms with van der Waals surface area (Å²) in [5.41, 5.74) is 4.85. The zero-order chi connectivity index (χ0) is 22.4. The molecule has 31 heavy (non-hydrogen) atoms. The van der Waals surface area contributed by atoms with Crippen LogP contribution in [0.2, 0.25) is 0 Å². The number of benzene rings is 3. The van der Waals surface area contributed by atoms with Crippen LogP contribution in [0.25, 0.3) is 0 Å². The number of carbonyl (C=O) groups excluding carboxylic acids is 2. The van der Waals surface area contributed by atoms with Crippen molar-refractivity contribution in [1.82, 2.24) is 0 Å². The van der Waals surface area contributed by atoms with Crippen molar-refractivity contribution < 1.29 is 9.59 Å². The van der Waals surface area contributed by atoms with Crippen molar-refractivity contribution in [3.63, 3.8) is 0 Å². The molecular formula is C28H29NO2. The predicted molar refractivity (Wildman–Crippen MR) is 127 cm³/mol. The van der Waals surface area contributed by atoms with E-state index in [1.54, 1.807) is 6.08 Å². The highest BCUT2D eigenvalue weighted by molar-refractivity contribution is 6.07. The van der Waals surface area contributed by atoms with Gasteiger partial charge < -0.3 is 4.90 Å². The molecule has 1 aliphatic rings. The SMILES string of the molecule is CC.Cc1ccc(C(=O)/C=C/[C@H]2C(=O)N(c3ccccc3)[C@@H]2c2ccc(C)cc2)cc1. The zero-order valence-electron chi connectivity index (χ0n) is 18.6. The highest BCUT2D eigenvalue weighted by Gasteiger charge is 2.47. The summed E-state index contributed by atoms with van der Waals surface area (Å²) in [6.45, 7) is 8.03. The van der Waals surface area contributed by atoms with E-state index < -0.39 is 0 Å². The first-order valence-corrected chi connectivity index (χ1v) is 10.8. The van der Waals surface area contributed by atoms with Crippen LogP contribution in [0.15, 0.2) is 91.0 Å². The molecule has 0 spiro atoms. The normalized spacial score (nSPS) is 17.7. The largest absolute Gasteiger partial charge is 0.303 e. The molecule has 0 unspecified atom stereocenters. The second-order valence-electron chi connectivity index (χ2n) is 7.51. The van der Waals surface area contributed by atoms with E-state index >= 15 is 0 Å². The molecule has 4 rings (SSSR count). The van der Waals surface area contributed by atoms with Gasteiger partial charge in [0.1, 0.15) is 0 Å². The molecule has 2 atom stereocenters. The summed E-state index contributed by atoms with van der Waals surface area (Å²) in [6, 6.07) is 25.3. The molecule has 3 heteroatoms. The molecule has 0 aromatic heterocycles. The van der Waals surface area contributed by atoms with Crippen molar-refractivity contribution in [1.29, 1.82) is 0 Å². The van der Waals surface area contributed by atoms with Crippen molar-refractivity contribution in [2.24, 2.45) is 5.92 Å². The van der Waals surface area contributed by atoms with Crippen molar-refractivity contribution in [2.75, 3.05) is 4.90 Å². The Morgan fingerprint density at radius 2 is 1.35 bits per heavy atom. The number of amides is 1. The molecule has 0 saturated carbocycles. The molecule has 1 heterocycles. The highest BCUT2D eigenvalue weighted by Crippen LogP contribution is 2.44. The second kappa shape index (κ2) is 10.0. The van der Waals surface area contributed by atoms with E-state index in [9.17, 15) is 9.59 Å². The number of hydrogen-bond acceptors (Lipinski definition) is 2. The van der Waals surface area contributed by atoms with Gasteiger partial charge in [-0.15, -0.1) is 0 Å². The lowest BCUT2D eigenvalue weighted by Gasteiger charge is -2.46. The van der Waals surface area contributed by atoms with E-state index in [0.29, 0.717) is 5.56 Å². The van der Waals surface area contributed by atoms with Gasteiger partial charge >= 0.3 is 0 Å². The van der Waals surface area contributed by atoms with Crippen LogP contribution in [-0.2, 0) is 4.79 Å². The number of rotatable bonds is 5. The lowest BCUT2D eigenvalue weighted by atomic mass is 9.81. The Hall–Kier alpha value is -3.46. The molecule has 0 radical (unpaired) electrons. The van der Waals surface area contributed by atoms with Gasteiger partial charge in [-0.1, -0.05) is 97.8 Å². The van der Waals surface area contributed by atoms with Crippen LogP contribution in [0.4, 0.5) is 5.69 Å². The minimum Gasteiger partial charge on any atom is -0.303 e. The number of allylic oxidation sites excluding steroid dienone is 1. The summed E-state index contributed by atoms with van der Waals surface area (Å²) in [7, 11) is 0. The topological polar surface area (TPSA) is 37.4 Å². The van der Waals surface area contributed by atoms with Gasteiger partial charge in [0.25, 0.3) is 0 Å². The Bertz CT molecular complexity index is 1050. The minimum absolute atomic E-state index is 0.00901. The van der Waals surface area contributed by atoms with Crippen LogP contribution < -0.4 is 4.90 Å². The fraction of sp³-hybridized carbons (Fsp3) is 0.214. The zero-order valence-corrected chi connectivity index (χ0v) is 18.6. The number of carbonyl (C=O) groups is 2. The van der Waals surface area contributed by atoms with Gasteiger partial charge in [0.2, 0.25) is 5.91 Å². The second-order valence-corrected chi connectivity index (χ2v) is 7.51. The van der Waals surface area contributed by atoms with Gasteiger partial charge in [0.05, 0.1) is 12.0 Å². The van der Waals surface area contributed by atoms with Gasteiger partial charge in [0, 0.05) is 11.3 Å². The van der Waals surface area contributed by atoms with Crippen molar-refractivity contribution in [3.05, 3.63) is 113 Å². The van der Waals surface area contributed by atoms with E-state index in [1.807, 2.05) is 87.2 Å². The first kappa shape index (κ1) is 22.2. The number of anilines is 1. The Labute approximate surface area is 185 Å². The Kier molecular flexibility index (Phi) is 7.19. The molecule has 0 aliphatic carbocycles. The van der Waals surface area contributed by atoms with E-state index in [1.165, 1.54) is 11.6 Å². The maximum Gasteiger partial charge on any atom is 0.236 e. The van der Waals surface area contributed by atoms with Crippen molar-refractivity contribution in [2.45, 2.75) is 33.7 Å². The number of para-hydroxylation sites is 1. The molecule has 3 aromatic rings. The standard InChI is InChI=1S/C26H23NO2.C2H6/c1-18-8-12-20(13-9-18)24(28)17-16-23-25(21-14-10-19(2)11-15-21)27(26(23)29)22-6-4-3-5-7-22;1-2/h3-17,23,25H,1-2H3;1-2H3/b17-16+;/t23-,25-;/m1./s1. The predicted octanol–water partition coefficient (Wildman–Crippen LogP) is 6.47. The van der Waals surface area contributed by atoms with Crippen LogP contribution in [0.5, 0.6) is 0 Å². The van der Waals surface area contributed by atoms with Crippen LogP contribution in [-0.4, -0.2) is 11.7 Å². The van der Waals surface area contributed by atoms with E-state index in [4.69, 9.17) is 0 Å². The summed E-state index contributed by atoms with van der Waals surface area (Å²) in [4.78, 5) is 27.3. The average molecular weight is 412 g/mol. The monoisotopic (exact) mass is 411 g/mol. The fourth-order valence-electron chi connectivity index (χ4n) is 3.70. The molecule has 3 aromatic carbocycles. The molecule has 1 amide bonds. The first-order chi connectivity index (χ1) is 15.0. The Balaban J connectivity index is 0.00000132. The fourth-order valence-corrected chi connectivity index (χ4v) is 3.70. The molecule has 1 aliphatic heterocycles. The number of β-lactam (4-membered cyclic amide) rings is 1. The lowest BCUT2D eigenvalue weighted by Crippen LogP contribution is -2.54. The average Bonchev–Trinajstić information content (AvgIpc) is 2.80. The maximum absolute atomic E-state index is 13.0. The van der Waals surface area contributed by atoms with Gasteiger partial charge in [-0.25, -0.2) is 0 Å². The molecule has 0 N–H and O–H groups in total. The van der Waals surface area contributed by atoms with Gasteiger partial charge in [-0.3, -0.25) is 9.59 Å². The quantitative estimate of drug-likeness (QED) is 0.274. The number of hydrogen-bond donors (Lipinski definition) is 0.